The SMILES string of the molecule is CC(N)CC(N)c1ccc2c(c1)OCO2. The fourth-order valence-electron chi connectivity index (χ4n) is 1.68. The van der Waals surface area contributed by atoms with Gasteiger partial charge in [-0.1, -0.05) is 6.07 Å². The molecule has 0 saturated heterocycles. The summed E-state index contributed by atoms with van der Waals surface area (Å²) >= 11 is 0. The Balaban J connectivity index is 2.15. The minimum atomic E-state index is -0.0421. The zero-order valence-electron chi connectivity index (χ0n) is 8.77. The Morgan fingerprint density at radius 2 is 2.00 bits per heavy atom. The molecule has 0 radical (unpaired) electrons. The average molecular weight is 208 g/mol. The summed E-state index contributed by atoms with van der Waals surface area (Å²) in [4.78, 5) is 0. The van der Waals surface area contributed by atoms with Crippen molar-refractivity contribution in [3.05, 3.63) is 23.8 Å². The monoisotopic (exact) mass is 208 g/mol. The molecule has 1 heterocycles. The Hall–Kier alpha value is -1.26. The van der Waals surface area contributed by atoms with Gasteiger partial charge in [-0.25, -0.2) is 0 Å². The van der Waals surface area contributed by atoms with E-state index in [0.717, 1.165) is 23.5 Å². The lowest BCUT2D eigenvalue weighted by molar-refractivity contribution is 0.174. The number of rotatable bonds is 3. The molecule has 0 saturated carbocycles. The molecule has 2 atom stereocenters. The molecule has 0 bridgehead atoms. The highest BCUT2D eigenvalue weighted by Gasteiger charge is 2.16. The van der Waals surface area contributed by atoms with Crippen LogP contribution < -0.4 is 20.9 Å². The van der Waals surface area contributed by atoms with Gasteiger partial charge in [-0.2, -0.15) is 0 Å². The maximum atomic E-state index is 6.01. The van der Waals surface area contributed by atoms with Crippen LogP contribution in [0.5, 0.6) is 11.5 Å². The maximum Gasteiger partial charge on any atom is 0.231 e. The molecule has 4 heteroatoms. The topological polar surface area (TPSA) is 70.5 Å². The van der Waals surface area contributed by atoms with E-state index in [1.807, 2.05) is 25.1 Å². The first-order valence-corrected chi connectivity index (χ1v) is 5.07. The Morgan fingerprint density at radius 3 is 2.73 bits per heavy atom. The van der Waals surface area contributed by atoms with E-state index in [1.165, 1.54) is 0 Å². The summed E-state index contributed by atoms with van der Waals surface area (Å²) in [6.45, 7) is 2.24. The van der Waals surface area contributed by atoms with E-state index in [2.05, 4.69) is 0 Å². The van der Waals surface area contributed by atoms with E-state index in [9.17, 15) is 0 Å². The van der Waals surface area contributed by atoms with E-state index in [4.69, 9.17) is 20.9 Å². The van der Waals surface area contributed by atoms with Crippen LogP contribution in [0.3, 0.4) is 0 Å². The van der Waals surface area contributed by atoms with Crippen molar-refractivity contribution < 1.29 is 9.47 Å². The van der Waals surface area contributed by atoms with Crippen LogP contribution in [0.2, 0.25) is 0 Å². The summed E-state index contributed by atoms with van der Waals surface area (Å²) in [7, 11) is 0. The second-order valence-electron chi connectivity index (χ2n) is 3.93. The largest absolute Gasteiger partial charge is 0.454 e. The molecule has 0 fully saturated rings. The summed E-state index contributed by atoms with van der Waals surface area (Å²) in [5.41, 5.74) is 12.8. The van der Waals surface area contributed by atoms with Gasteiger partial charge in [-0.3, -0.25) is 0 Å². The van der Waals surface area contributed by atoms with Crippen molar-refractivity contribution >= 4 is 0 Å². The van der Waals surface area contributed by atoms with Gasteiger partial charge in [0, 0.05) is 12.1 Å². The molecule has 0 aromatic heterocycles. The van der Waals surface area contributed by atoms with Crippen LogP contribution >= 0.6 is 0 Å². The number of fused-ring (bicyclic) bond motifs is 1. The third kappa shape index (κ3) is 2.22. The second-order valence-corrected chi connectivity index (χ2v) is 3.93. The molecule has 1 aromatic carbocycles. The van der Waals surface area contributed by atoms with Gasteiger partial charge >= 0.3 is 0 Å². The molecule has 1 aliphatic heterocycles. The van der Waals surface area contributed by atoms with E-state index in [0.29, 0.717) is 6.79 Å². The van der Waals surface area contributed by atoms with Crippen molar-refractivity contribution in [3.8, 4) is 11.5 Å². The smallest absolute Gasteiger partial charge is 0.231 e. The minimum Gasteiger partial charge on any atom is -0.454 e. The lowest BCUT2D eigenvalue weighted by atomic mass is 10.0. The Bertz CT molecular complexity index is 352. The van der Waals surface area contributed by atoms with Crippen molar-refractivity contribution in [2.45, 2.75) is 25.4 Å². The Morgan fingerprint density at radius 1 is 1.27 bits per heavy atom. The van der Waals surface area contributed by atoms with Gasteiger partial charge < -0.3 is 20.9 Å². The second kappa shape index (κ2) is 4.08. The molecule has 0 aliphatic carbocycles. The summed E-state index contributed by atoms with van der Waals surface area (Å²) in [6, 6.07) is 5.83. The molecule has 0 amide bonds. The van der Waals surface area contributed by atoms with Gasteiger partial charge in [0.2, 0.25) is 6.79 Å². The Kier molecular flexibility index (Phi) is 2.79. The van der Waals surface area contributed by atoms with E-state index in [-0.39, 0.29) is 12.1 Å². The molecule has 0 spiro atoms. The zero-order valence-corrected chi connectivity index (χ0v) is 8.77. The average Bonchev–Trinajstić information content (AvgIpc) is 2.62. The van der Waals surface area contributed by atoms with Crippen LogP contribution in [0, 0.1) is 0 Å². The van der Waals surface area contributed by atoms with Crippen LogP contribution in [-0.2, 0) is 0 Å². The van der Waals surface area contributed by atoms with E-state index < -0.39 is 0 Å². The lowest BCUT2D eigenvalue weighted by Gasteiger charge is -2.14. The molecular formula is C11H16N2O2. The molecular weight excluding hydrogens is 192 g/mol. The van der Waals surface area contributed by atoms with Gasteiger partial charge in [0.15, 0.2) is 11.5 Å². The van der Waals surface area contributed by atoms with Crippen LogP contribution in [-0.4, -0.2) is 12.8 Å². The standard InChI is InChI=1S/C11H16N2O2/c1-7(12)4-9(13)8-2-3-10-11(5-8)15-6-14-10/h2-3,5,7,9H,4,6,12-13H2,1H3. The number of ether oxygens (including phenoxy) is 2. The van der Waals surface area contributed by atoms with Gasteiger partial charge in [0.25, 0.3) is 0 Å². The first kappa shape index (κ1) is 10.3. The predicted octanol–water partition coefficient (Wildman–Crippen LogP) is 1.15. The quantitative estimate of drug-likeness (QED) is 0.781. The molecule has 15 heavy (non-hydrogen) atoms. The van der Waals surface area contributed by atoms with Crippen molar-refractivity contribution in [1.82, 2.24) is 0 Å². The molecule has 2 unspecified atom stereocenters. The third-order valence-corrected chi connectivity index (χ3v) is 2.45. The summed E-state index contributed by atoms with van der Waals surface area (Å²) < 4.78 is 10.5. The molecule has 4 nitrogen and oxygen atoms in total. The lowest BCUT2D eigenvalue weighted by Crippen LogP contribution is -2.23. The highest BCUT2D eigenvalue weighted by atomic mass is 16.7. The molecule has 1 aliphatic rings. The van der Waals surface area contributed by atoms with Crippen molar-refractivity contribution in [3.63, 3.8) is 0 Å². The van der Waals surface area contributed by atoms with Crippen molar-refractivity contribution in [2.75, 3.05) is 6.79 Å². The number of hydrogen-bond donors (Lipinski definition) is 2. The van der Waals surface area contributed by atoms with Crippen LogP contribution in [0.1, 0.15) is 24.9 Å². The van der Waals surface area contributed by atoms with Gasteiger partial charge in [0.1, 0.15) is 0 Å². The fraction of sp³-hybridized carbons (Fsp3) is 0.455. The van der Waals surface area contributed by atoms with Crippen molar-refractivity contribution in [2.24, 2.45) is 11.5 Å². The molecule has 82 valence electrons. The maximum absolute atomic E-state index is 6.01. The van der Waals surface area contributed by atoms with Crippen molar-refractivity contribution in [1.29, 1.82) is 0 Å². The van der Waals surface area contributed by atoms with Gasteiger partial charge in [-0.05, 0) is 31.0 Å². The first-order chi connectivity index (χ1) is 7.16. The zero-order chi connectivity index (χ0) is 10.8. The number of hydrogen-bond acceptors (Lipinski definition) is 4. The Labute approximate surface area is 89.2 Å². The van der Waals surface area contributed by atoms with Crippen LogP contribution in [0.25, 0.3) is 0 Å². The highest BCUT2D eigenvalue weighted by Crippen LogP contribution is 2.34. The fourth-order valence-corrected chi connectivity index (χ4v) is 1.68. The summed E-state index contributed by atoms with van der Waals surface area (Å²) in [5, 5.41) is 0. The van der Waals surface area contributed by atoms with E-state index >= 15 is 0 Å². The van der Waals surface area contributed by atoms with Crippen LogP contribution in [0.15, 0.2) is 18.2 Å². The number of nitrogens with two attached hydrogens (primary N) is 2. The highest BCUT2D eigenvalue weighted by molar-refractivity contribution is 5.45. The predicted molar refractivity (Wildman–Crippen MR) is 57.8 cm³/mol. The molecule has 2 rings (SSSR count). The normalized spacial score (nSPS) is 17.5. The third-order valence-electron chi connectivity index (χ3n) is 2.45. The summed E-state index contributed by atoms with van der Waals surface area (Å²) in [6.07, 6.45) is 0.764. The van der Waals surface area contributed by atoms with E-state index in [1.54, 1.807) is 0 Å². The molecule has 1 aromatic rings. The summed E-state index contributed by atoms with van der Waals surface area (Å²) in [5.74, 6) is 1.55. The molecule has 4 N–H and O–H groups in total. The van der Waals surface area contributed by atoms with Crippen LogP contribution in [0.4, 0.5) is 0 Å². The van der Waals surface area contributed by atoms with Gasteiger partial charge in [0.05, 0.1) is 0 Å². The van der Waals surface area contributed by atoms with Gasteiger partial charge in [-0.15, -0.1) is 0 Å². The number of benzene rings is 1. The minimum absolute atomic E-state index is 0.0421. The first-order valence-electron chi connectivity index (χ1n) is 5.07.